The molecule has 4 heterocycles. The van der Waals surface area contributed by atoms with Crippen molar-refractivity contribution in [3.8, 4) is 24.3 Å². The lowest BCUT2D eigenvalue weighted by Gasteiger charge is -2.41. The van der Waals surface area contributed by atoms with Crippen LogP contribution < -0.4 is 15.0 Å². The van der Waals surface area contributed by atoms with Gasteiger partial charge in [0.1, 0.15) is 11.6 Å². The lowest BCUT2D eigenvalue weighted by Crippen LogP contribution is -2.55. The number of carbonyl (C=O) groups excluding carboxylic acids is 2. The van der Waals surface area contributed by atoms with E-state index in [4.69, 9.17) is 21.1 Å². The number of aryl methyl sites for hydroxylation is 1. The highest BCUT2D eigenvalue weighted by atomic mass is 16.5. The van der Waals surface area contributed by atoms with Crippen LogP contribution in [0.2, 0.25) is 0 Å². The number of nitrogens with one attached hydrogen (secondary N) is 2. The number of aromatic nitrogens is 4. The van der Waals surface area contributed by atoms with Crippen LogP contribution in [0.1, 0.15) is 29.5 Å². The molecule has 1 unspecified atom stereocenters. The fourth-order valence-electron chi connectivity index (χ4n) is 5.19. The first-order valence-corrected chi connectivity index (χ1v) is 13.4. The first kappa shape index (κ1) is 27.5. The Kier molecular flexibility index (Phi) is 7.74. The van der Waals surface area contributed by atoms with Gasteiger partial charge in [0.2, 0.25) is 17.7 Å². The Balaban J connectivity index is 1.49. The van der Waals surface area contributed by atoms with Crippen molar-refractivity contribution in [2.45, 2.75) is 32.2 Å². The zero-order valence-electron chi connectivity index (χ0n) is 23.3. The number of piperazine rings is 1. The number of anilines is 2. The van der Waals surface area contributed by atoms with E-state index >= 15 is 0 Å². The number of hydrogen-bond acceptors (Lipinski definition) is 9. The summed E-state index contributed by atoms with van der Waals surface area (Å²) in [5.41, 5.74) is 3.67. The lowest BCUT2D eigenvalue weighted by atomic mass is 9.99. The molecule has 12 heteroatoms. The van der Waals surface area contributed by atoms with Crippen molar-refractivity contribution in [3.05, 3.63) is 41.1 Å². The van der Waals surface area contributed by atoms with Crippen LogP contribution in [0.4, 0.5) is 11.8 Å². The van der Waals surface area contributed by atoms with E-state index in [1.165, 1.54) is 4.90 Å². The molecule has 0 aliphatic carbocycles. The van der Waals surface area contributed by atoms with E-state index in [2.05, 4.69) is 27.5 Å². The third-order valence-electron chi connectivity index (χ3n) is 7.34. The maximum absolute atomic E-state index is 12.3. The molecular formula is C29H31N9O3. The van der Waals surface area contributed by atoms with Crippen LogP contribution in [0.3, 0.4) is 0 Å². The summed E-state index contributed by atoms with van der Waals surface area (Å²) in [4.78, 5) is 39.1. The van der Waals surface area contributed by atoms with Gasteiger partial charge < -0.3 is 24.8 Å². The molecule has 0 spiro atoms. The molecule has 2 N–H and O–H groups in total. The van der Waals surface area contributed by atoms with Gasteiger partial charge in [0.25, 0.3) is 5.91 Å². The van der Waals surface area contributed by atoms with E-state index in [1.807, 2.05) is 30.0 Å². The predicted molar refractivity (Wildman–Crippen MR) is 154 cm³/mol. The van der Waals surface area contributed by atoms with Crippen molar-refractivity contribution in [2.24, 2.45) is 0 Å². The summed E-state index contributed by atoms with van der Waals surface area (Å²) in [6.07, 6.45) is 10.1. The summed E-state index contributed by atoms with van der Waals surface area (Å²) in [6, 6.07) is 5.79. The second-order valence-electron chi connectivity index (χ2n) is 10.2. The van der Waals surface area contributed by atoms with Gasteiger partial charge in [-0.1, -0.05) is 6.07 Å². The highest BCUT2D eigenvalue weighted by molar-refractivity contribution is 5.93. The van der Waals surface area contributed by atoms with Gasteiger partial charge >= 0.3 is 0 Å². The van der Waals surface area contributed by atoms with Gasteiger partial charge in [0.05, 0.1) is 35.8 Å². The average Bonchev–Trinajstić information content (AvgIpc) is 3.45. The average molecular weight is 554 g/mol. The standard InChI is InChI=1S/C29H31N9O3/c1-5-24(39)38-15-14-37(17-19(38)10-12-30)27-20-7-9-23(26-18(2)6-8-22-21(26)16-32-35-22)41-28(20)34-29(33-27)31-13-11-25(40)36(3)4/h1,6,8-9,16,19H,7,10-11,13-15,17H2,2-4H3,(H,32,35)(H,31,33,34). The van der Waals surface area contributed by atoms with Gasteiger partial charge in [-0.25, -0.2) is 0 Å². The minimum atomic E-state index is -0.428. The Hall–Kier alpha value is -5.10. The Labute approximate surface area is 238 Å². The Morgan fingerprint density at radius 1 is 1.29 bits per heavy atom. The number of benzene rings is 1. The van der Waals surface area contributed by atoms with Crippen molar-refractivity contribution in [2.75, 3.05) is 50.5 Å². The fraction of sp³-hybridized carbons (Fsp3) is 0.379. The smallest absolute Gasteiger partial charge is 0.298 e. The summed E-state index contributed by atoms with van der Waals surface area (Å²) in [5, 5.41) is 20.7. The Morgan fingerprint density at radius 3 is 2.88 bits per heavy atom. The molecule has 0 saturated carbocycles. The summed E-state index contributed by atoms with van der Waals surface area (Å²) in [6.45, 7) is 3.58. The number of fused-ring (bicyclic) bond motifs is 2. The summed E-state index contributed by atoms with van der Waals surface area (Å²) < 4.78 is 6.45. The van der Waals surface area contributed by atoms with Crippen LogP contribution in [-0.2, 0) is 16.0 Å². The van der Waals surface area contributed by atoms with E-state index in [0.717, 1.165) is 27.6 Å². The number of hydrogen-bond donors (Lipinski definition) is 2. The number of rotatable bonds is 7. The van der Waals surface area contributed by atoms with Crippen molar-refractivity contribution in [3.63, 3.8) is 0 Å². The molecule has 0 bridgehead atoms. The number of amides is 2. The molecule has 2 aliphatic rings. The van der Waals surface area contributed by atoms with Crippen molar-refractivity contribution in [1.82, 2.24) is 30.0 Å². The van der Waals surface area contributed by atoms with Crippen molar-refractivity contribution >= 4 is 40.2 Å². The van der Waals surface area contributed by atoms with Gasteiger partial charge in [-0.3, -0.25) is 14.7 Å². The first-order chi connectivity index (χ1) is 19.8. The molecule has 3 aromatic rings. The second kappa shape index (κ2) is 11.6. The number of H-pyrrole nitrogens is 1. The van der Waals surface area contributed by atoms with Crippen molar-refractivity contribution in [1.29, 1.82) is 5.26 Å². The minimum absolute atomic E-state index is 0.0190. The van der Waals surface area contributed by atoms with Gasteiger partial charge in [0, 0.05) is 64.1 Å². The third-order valence-corrected chi connectivity index (χ3v) is 7.34. The fourth-order valence-corrected chi connectivity index (χ4v) is 5.19. The van der Waals surface area contributed by atoms with E-state index in [-0.39, 0.29) is 24.8 Å². The van der Waals surface area contributed by atoms with Crippen LogP contribution in [0, 0.1) is 30.6 Å². The molecule has 2 aromatic heterocycles. The van der Waals surface area contributed by atoms with Gasteiger partial charge in [-0.05, 0) is 30.6 Å². The van der Waals surface area contributed by atoms with E-state index in [1.54, 1.807) is 25.2 Å². The third kappa shape index (κ3) is 5.50. The summed E-state index contributed by atoms with van der Waals surface area (Å²) in [5.74, 6) is 3.78. The molecule has 1 fully saturated rings. The van der Waals surface area contributed by atoms with E-state index in [0.29, 0.717) is 56.0 Å². The summed E-state index contributed by atoms with van der Waals surface area (Å²) in [7, 11) is 3.42. The maximum Gasteiger partial charge on any atom is 0.298 e. The maximum atomic E-state index is 12.3. The lowest BCUT2D eigenvalue weighted by molar-refractivity contribution is -0.128. The molecule has 0 radical (unpaired) electrons. The molecule has 2 amide bonds. The number of carbonyl (C=O) groups is 2. The topological polar surface area (TPSA) is 143 Å². The molecule has 41 heavy (non-hydrogen) atoms. The SMILES string of the molecule is C#CC(=O)N1CCN(c2nc(NCCC(=O)N(C)C)nc3c2CC=C(c2c(C)ccc4[nH]ncc24)O3)CC1CC#N. The molecule has 2 aliphatic heterocycles. The number of nitriles is 1. The molecular weight excluding hydrogens is 522 g/mol. The van der Waals surface area contributed by atoms with Crippen molar-refractivity contribution < 1.29 is 14.3 Å². The Bertz CT molecular complexity index is 1610. The monoisotopic (exact) mass is 553 g/mol. The van der Waals surface area contributed by atoms with E-state index < -0.39 is 5.91 Å². The van der Waals surface area contributed by atoms with Crippen LogP contribution in [0.25, 0.3) is 16.7 Å². The number of aromatic amines is 1. The molecule has 1 atom stereocenters. The van der Waals surface area contributed by atoms with Crippen LogP contribution in [0.15, 0.2) is 24.4 Å². The minimum Gasteiger partial charge on any atom is -0.438 e. The van der Waals surface area contributed by atoms with Crippen LogP contribution in [-0.4, -0.2) is 88.1 Å². The number of terminal acetylenes is 1. The first-order valence-electron chi connectivity index (χ1n) is 13.4. The molecule has 1 saturated heterocycles. The predicted octanol–water partition coefficient (Wildman–Crippen LogP) is 2.09. The number of allylic oxidation sites excluding steroid dienone is 1. The van der Waals surface area contributed by atoms with Crippen LogP contribution in [0.5, 0.6) is 5.88 Å². The van der Waals surface area contributed by atoms with Gasteiger partial charge in [-0.15, -0.1) is 6.42 Å². The zero-order valence-corrected chi connectivity index (χ0v) is 23.3. The normalized spacial score (nSPS) is 16.2. The highest BCUT2D eigenvalue weighted by Gasteiger charge is 2.33. The Morgan fingerprint density at radius 2 is 2.12 bits per heavy atom. The second-order valence-corrected chi connectivity index (χ2v) is 10.2. The molecule has 1 aromatic carbocycles. The molecule has 12 nitrogen and oxygen atoms in total. The molecule has 210 valence electrons. The largest absolute Gasteiger partial charge is 0.438 e. The number of ether oxygens (including phenoxy) is 1. The molecule has 5 rings (SSSR count). The summed E-state index contributed by atoms with van der Waals surface area (Å²) >= 11 is 0. The van der Waals surface area contributed by atoms with Crippen LogP contribution >= 0.6 is 0 Å². The zero-order chi connectivity index (χ0) is 29.1. The van der Waals surface area contributed by atoms with Gasteiger partial charge in [-0.2, -0.15) is 20.3 Å². The van der Waals surface area contributed by atoms with Gasteiger partial charge in [0.15, 0.2) is 0 Å². The highest BCUT2D eigenvalue weighted by Crippen LogP contribution is 2.38. The quantitative estimate of drug-likeness (QED) is 0.420. The van der Waals surface area contributed by atoms with E-state index in [9.17, 15) is 14.9 Å². The number of nitrogens with zero attached hydrogens (tertiary/aromatic N) is 7.